The summed E-state index contributed by atoms with van der Waals surface area (Å²) in [6, 6.07) is 7.91. The van der Waals surface area contributed by atoms with Crippen LogP contribution in [0, 0.1) is 0 Å². The minimum atomic E-state index is -3.24. The summed E-state index contributed by atoms with van der Waals surface area (Å²) in [4.78, 5) is 24.1. The molecule has 0 saturated carbocycles. The first kappa shape index (κ1) is 8.70. The van der Waals surface area contributed by atoms with Gasteiger partial charge in [-0.3, -0.25) is 0 Å². The molecule has 10 saturated heterocycles. The van der Waals surface area contributed by atoms with E-state index in [1.54, 1.807) is 0 Å². The standard InChI is InChI=1S/C14H12NO.C5H5.Fe/c15-13-8-4-3-5-11(13)9-10-14(16)12-6-1-2-7-12;1-2-4-5-3-1;/h1-10H,15H2;1-5H;. The maximum absolute atomic E-state index is 13.4. The van der Waals surface area contributed by atoms with Gasteiger partial charge in [0.05, 0.1) is 0 Å². The molecule has 3 heteroatoms. The summed E-state index contributed by atoms with van der Waals surface area (Å²) in [6.07, 6.45) is 3.98. The molecule has 1 aromatic rings. The van der Waals surface area contributed by atoms with E-state index < -0.39 is 6.51 Å². The van der Waals surface area contributed by atoms with E-state index in [1.165, 1.54) is 33.7 Å². The number of para-hydroxylation sites is 1. The number of nitrogen functional groups attached to an aromatic ring is 1. The molecular formula is C19H17FeNO. The summed E-state index contributed by atoms with van der Waals surface area (Å²) < 4.78 is 0.360. The van der Waals surface area contributed by atoms with E-state index in [2.05, 4.69) is 0 Å². The second kappa shape index (κ2) is 0.847. The van der Waals surface area contributed by atoms with E-state index in [4.69, 9.17) is 5.73 Å². The van der Waals surface area contributed by atoms with Crippen molar-refractivity contribution in [3.8, 4) is 0 Å². The quantitative estimate of drug-likeness (QED) is 0.499. The van der Waals surface area contributed by atoms with Gasteiger partial charge in [-0.2, -0.15) is 0 Å². The Morgan fingerprint density at radius 2 is 1.59 bits per heavy atom. The number of rotatable bonds is 3. The normalized spacial score (nSPS) is 94.8. The fourth-order valence-electron chi connectivity index (χ4n) is 17.8. The topological polar surface area (TPSA) is 43.1 Å². The second-order valence-electron chi connectivity index (χ2n) is 12.0. The fraction of sp³-hybridized carbons (Fsp3) is 0.526. The molecular weight excluding hydrogens is 314 g/mol. The van der Waals surface area contributed by atoms with Gasteiger partial charge in [0.15, 0.2) is 0 Å². The van der Waals surface area contributed by atoms with E-state index in [-0.39, 0.29) is 0 Å². The van der Waals surface area contributed by atoms with Crippen molar-refractivity contribution in [3.63, 3.8) is 0 Å². The van der Waals surface area contributed by atoms with Crippen LogP contribution < -0.4 is 5.73 Å². The molecule has 2 N–H and O–H groups in total. The first-order valence-corrected chi connectivity index (χ1v) is 15.0. The van der Waals surface area contributed by atoms with Crippen molar-refractivity contribution < 1.29 is 11.3 Å². The molecule has 2 nitrogen and oxygen atoms in total. The Morgan fingerprint density at radius 1 is 1.00 bits per heavy atom. The average Bonchev–Trinajstić information content (AvgIpc) is 3.46. The van der Waals surface area contributed by atoms with Gasteiger partial charge in [0, 0.05) is 0 Å². The number of fused-ring (bicyclic) bond motifs is 10. The van der Waals surface area contributed by atoms with Crippen LogP contribution in [0.15, 0.2) is 30.3 Å². The number of allylic oxidation sites excluding steroid dienone is 1. The predicted molar refractivity (Wildman–Crippen MR) is 81.3 cm³/mol. The summed E-state index contributed by atoms with van der Waals surface area (Å²) in [5.74, 6) is 0.585. The number of hydrogen-bond acceptors (Lipinski definition) is 2. The van der Waals surface area contributed by atoms with Gasteiger partial charge < -0.3 is 0 Å². The number of carbonyl (C=O) groups is 1. The molecule has 0 bridgehead atoms. The van der Waals surface area contributed by atoms with Crippen LogP contribution in [-0.2, 0) is 11.3 Å². The van der Waals surface area contributed by atoms with Crippen molar-refractivity contribution in [1.82, 2.24) is 0 Å². The van der Waals surface area contributed by atoms with Crippen LogP contribution in [0.3, 0.4) is 0 Å². The zero-order valence-corrected chi connectivity index (χ0v) is 13.1. The zero-order valence-electron chi connectivity index (χ0n) is 12.0. The molecule has 4 unspecified atom stereocenters. The first-order chi connectivity index (χ1) is 10.5. The molecule has 0 aromatic heterocycles. The molecule has 112 valence electrons. The van der Waals surface area contributed by atoms with Gasteiger partial charge in [-0.25, -0.2) is 0 Å². The zero-order chi connectivity index (χ0) is 14.0. The number of nitrogens with two attached hydrogens (primary N) is 1. The molecule has 10 fully saturated rings. The summed E-state index contributed by atoms with van der Waals surface area (Å²) in [5, 5.41) is 0. The Balaban J connectivity index is 1.20. The SMILES string of the molecule is Nc1ccccc1C=CC(=O)[C]12[CH]3[CH]4[CH]5[CH]1[Fe]45321678[CH]2[CH]1[CH]6[CH]7[CH]28. The van der Waals surface area contributed by atoms with E-state index in [0.29, 0.717) is 10.1 Å². The van der Waals surface area contributed by atoms with Gasteiger partial charge in [0.2, 0.25) is 0 Å². The van der Waals surface area contributed by atoms with Crippen LogP contribution >= 0.6 is 0 Å². The Morgan fingerprint density at radius 3 is 2.05 bits per heavy atom. The van der Waals surface area contributed by atoms with Crippen molar-refractivity contribution >= 4 is 17.5 Å². The maximum atomic E-state index is 13.4. The van der Waals surface area contributed by atoms with Gasteiger partial charge in [-0.05, 0) is 0 Å². The molecule has 11 rings (SSSR count). The molecule has 1 aromatic carbocycles. The van der Waals surface area contributed by atoms with Crippen molar-refractivity contribution in [2.75, 3.05) is 5.73 Å². The van der Waals surface area contributed by atoms with Gasteiger partial charge in [-0.15, -0.1) is 0 Å². The summed E-state index contributed by atoms with van der Waals surface area (Å²) in [5.41, 5.74) is 7.84. The fourth-order valence-corrected chi connectivity index (χ4v) is 91.7. The molecule has 10 heterocycles. The van der Waals surface area contributed by atoms with Crippen molar-refractivity contribution in [1.29, 1.82) is 0 Å². The van der Waals surface area contributed by atoms with Crippen molar-refractivity contribution in [2.24, 2.45) is 0 Å². The van der Waals surface area contributed by atoms with Gasteiger partial charge >= 0.3 is 118 Å². The van der Waals surface area contributed by atoms with Crippen LogP contribution in [0.4, 0.5) is 5.69 Å². The Kier molecular flexibility index (Phi) is 0.335. The van der Waals surface area contributed by atoms with Crippen LogP contribution in [0.1, 0.15) is 5.56 Å². The number of hydrogen-bond donors (Lipinski definition) is 1. The molecule has 0 aliphatic carbocycles. The Hall–Kier alpha value is -1.05. The van der Waals surface area contributed by atoms with Crippen molar-refractivity contribution in [3.05, 3.63) is 35.9 Å². The van der Waals surface area contributed by atoms with Crippen molar-refractivity contribution in [2.45, 2.75) is 47.7 Å². The predicted octanol–water partition coefficient (Wildman–Crippen LogP) is 4.61. The summed E-state index contributed by atoms with van der Waals surface area (Å²) >= 11 is 0. The summed E-state index contributed by atoms with van der Waals surface area (Å²) in [7, 11) is 0. The molecule has 0 radical (unpaired) electrons. The minimum absolute atomic E-state index is 0.360. The van der Waals surface area contributed by atoms with Crippen LogP contribution in [-0.4, -0.2) is 5.78 Å². The first-order valence-electron chi connectivity index (χ1n) is 8.74. The van der Waals surface area contributed by atoms with Gasteiger partial charge in [-0.1, -0.05) is 0 Å². The monoisotopic (exact) mass is 331 g/mol. The third-order valence-electron chi connectivity index (χ3n) is 16.5. The molecule has 22 heavy (non-hydrogen) atoms. The number of ketones is 1. The number of carbonyl (C=O) groups excluding carboxylic acids is 1. The molecule has 4 atom stereocenters. The molecule has 0 amide bonds. The second-order valence-corrected chi connectivity index (χ2v) is 35.6. The third kappa shape index (κ3) is 0.112. The molecule has 1 spiro atoms. The van der Waals surface area contributed by atoms with E-state index >= 15 is 0 Å². The van der Waals surface area contributed by atoms with Crippen LogP contribution in [0.5, 0.6) is 0 Å². The Bertz CT molecular complexity index is 1260. The average molecular weight is 331 g/mol. The molecule has 10 aliphatic heterocycles. The summed E-state index contributed by atoms with van der Waals surface area (Å²) in [6.45, 7) is -3.24. The van der Waals surface area contributed by atoms with Gasteiger partial charge in [0.25, 0.3) is 0 Å². The number of anilines is 1. The van der Waals surface area contributed by atoms with Crippen LogP contribution in [0.2, 0.25) is 47.7 Å². The van der Waals surface area contributed by atoms with E-state index in [1.807, 2.05) is 36.4 Å². The number of benzene rings is 1. The van der Waals surface area contributed by atoms with Gasteiger partial charge in [0.1, 0.15) is 0 Å². The van der Waals surface area contributed by atoms with E-state index in [9.17, 15) is 4.79 Å². The third-order valence-corrected chi connectivity index (χ3v) is 58.8. The Labute approximate surface area is 118 Å². The molecule has 10 aliphatic rings. The van der Waals surface area contributed by atoms with Crippen LogP contribution in [0.25, 0.3) is 6.08 Å². The van der Waals surface area contributed by atoms with E-state index in [0.717, 1.165) is 20.9 Å².